The SMILES string of the molecule is C[C@@H](CCCCN)C(=O)NCCCCC1(C(N)=O)CC1. The largest absolute Gasteiger partial charge is 0.369 e. The summed E-state index contributed by atoms with van der Waals surface area (Å²) >= 11 is 0. The van der Waals surface area contributed by atoms with E-state index in [1.54, 1.807) is 0 Å². The highest BCUT2D eigenvalue weighted by atomic mass is 16.2. The predicted octanol–water partition coefficient (Wildman–Crippen LogP) is 1.30. The van der Waals surface area contributed by atoms with Crippen molar-refractivity contribution >= 4 is 11.8 Å². The number of nitrogens with two attached hydrogens (primary N) is 2. The Balaban J connectivity index is 2.03. The van der Waals surface area contributed by atoms with Crippen LogP contribution in [0.2, 0.25) is 0 Å². The summed E-state index contributed by atoms with van der Waals surface area (Å²) in [5, 5.41) is 2.96. The lowest BCUT2D eigenvalue weighted by molar-refractivity contribution is -0.125. The zero-order valence-corrected chi connectivity index (χ0v) is 12.6. The number of carbonyl (C=O) groups is 2. The van der Waals surface area contributed by atoms with Gasteiger partial charge in [-0.3, -0.25) is 9.59 Å². The quantitative estimate of drug-likeness (QED) is 0.498. The molecule has 0 aromatic carbocycles. The second kappa shape index (κ2) is 8.25. The monoisotopic (exact) mass is 283 g/mol. The molecule has 5 nitrogen and oxygen atoms in total. The molecular formula is C15H29N3O2. The van der Waals surface area contributed by atoms with Gasteiger partial charge in [0.2, 0.25) is 11.8 Å². The van der Waals surface area contributed by atoms with Crippen LogP contribution >= 0.6 is 0 Å². The second-order valence-electron chi connectivity index (χ2n) is 6.08. The van der Waals surface area contributed by atoms with Crippen LogP contribution in [0.5, 0.6) is 0 Å². The number of rotatable bonds is 11. The average Bonchev–Trinajstić information content (AvgIpc) is 3.19. The molecule has 1 saturated carbocycles. The standard InChI is InChI=1S/C15H29N3O2/c1-12(6-2-4-10-16)13(19)18-11-5-3-7-15(8-9-15)14(17)20/h12H,2-11,16H2,1H3,(H2,17,20)(H,18,19)/t12-/m0/s1. The van der Waals surface area contributed by atoms with Gasteiger partial charge in [0.05, 0.1) is 0 Å². The molecule has 0 radical (unpaired) electrons. The van der Waals surface area contributed by atoms with Crippen LogP contribution in [-0.2, 0) is 9.59 Å². The molecule has 1 fully saturated rings. The van der Waals surface area contributed by atoms with Gasteiger partial charge in [0.1, 0.15) is 0 Å². The number of carbonyl (C=O) groups excluding carboxylic acids is 2. The summed E-state index contributed by atoms with van der Waals surface area (Å²) in [7, 11) is 0. The maximum absolute atomic E-state index is 11.8. The molecule has 5 N–H and O–H groups in total. The van der Waals surface area contributed by atoms with Crippen LogP contribution in [0, 0.1) is 11.3 Å². The fourth-order valence-electron chi connectivity index (χ4n) is 2.47. The average molecular weight is 283 g/mol. The Hall–Kier alpha value is -1.10. The van der Waals surface area contributed by atoms with Gasteiger partial charge in [-0.05, 0) is 45.1 Å². The van der Waals surface area contributed by atoms with Gasteiger partial charge < -0.3 is 16.8 Å². The third-order valence-electron chi connectivity index (χ3n) is 4.30. The summed E-state index contributed by atoms with van der Waals surface area (Å²) in [5.41, 5.74) is 10.6. The molecule has 0 aromatic rings. The van der Waals surface area contributed by atoms with Gasteiger partial charge in [-0.1, -0.05) is 19.8 Å². The van der Waals surface area contributed by atoms with Crippen LogP contribution in [0.15, 0.2) is 0 Å². The Morgan fingerprint density at radius 3 is 2.45 bits per heavy atom. The van der Waals surface area contributed by atoms with Crippen molar-refractivity contribution in [3.05, 3.63) is 0 Å². The second-order valence-corrected chi connectivity index (χ2v) is 6.08. The van der Waals surface area contributed by atoms with Crippen LogP contribution in [0.4, 0.5) is 0 Å². The van der Waals surface area contributed by atoms with Gasteiger partial charge in [-0.15, -0.1) is 0 Å². The van der Waals surface area contributed by atoms with Crippen LogP contribution < -0.4 is 16.8 Å². The fourth-order valence-corrected chi connectivity index (χ4v) is 2.47. The van der Waals surface area contributed by atoms with Crippen molar-refractivity contribution < 1.29 is 9.59 Å². The summed E-state index contributed by atoms with van der Waals surface area (Å²) in [6.45, 7) is 3.34. The number of unbranched alkanes of at least 4 members (excludes halogenated alkanes) is 2. The van der Waals surface area contributed by atoms with Gasteiger partial charge in [0, 0.05) is 17.9 Å². The van der Waals surface area contributed by atoms with Gasteiger partial charge in [0.15, 0.2) is 0 Å². The molecule has 2 amide bonds. The van der Waals surface area contributed by atoms with E-state index in [4.69, 9.17) is 11.5 Å². The van der Waals surface area contributed by atoms with Gasteiger partial charge in [-0.2, -0.15) is 0 Å². The van der Waals surface area contributed by atoms with E-state index in [1.165, 1.54) is 0 Å². The summed E-state index contributed by atoms with van der Waals surface area (Å²) in [6, 6.07) is 0. The highest BCUT2D eigenvalue weighted by Crippen LogP contribution is 2.49. The maximum Gasteiger partial charge on any atom is 0.223 e. The van der Waals surface area contributed by atoms with Crippen molar-refractivity contribution in [2.75, 3.05) is 13.1 Å². The van der Waals surface area contributed by atoms with Crippen molar-refractivity contribution in [3.63, 3.8) is 0 Å². The third kappa shape index (κ3) is 5.49. The van der Waals surface area contributed by atoms with Crippen LogP contribution in [-0.4, -0.2) is 24.9 Å². The van der Waals surface area contributed by atoms with Crippen molar-refractivity contribution in [3.8, 4) is 0 Å². The lowest BCUT2D eigenvalue weighted by Crippen LogP contribution is -2.30. The van der Waals surface area contributed by atoms with E-state index in [0.29, 0.717) is 13.1 Å². The zero-order valence-electron chi connectivity index (χ0n) is 12.6. The van der Waals surface area contributed by atoms with E-state index in [9.17, 15) is 9.59 Å². The van der Waals surface area contributed by atoms with E-state index in [1.807, 2.05) is 6.92 Å². The summed E-state index contributed by atoms with van der Waals surface area (Å²) in [4.78, 5) is 23.0. The first-order valence-electron chi connectivity index (χ1n) is 7.79. The summed E-state index contributed by atoms with van der Waals surface area (Å²) in [5.74, 6) is 0.0232. The molecule has 0 unspecified atom stereocenters. The molecule has 0 bridgehead atoms. The summed E-state index contributed by atoms with van der Waals surface area (Å²) in [6.07, 6.45) is 7.48. The lowest BCUT2D eigenvalue weighted by Gasteiger charge is -2.13. The molecule has 0 spiro atoms. The maximum atomic E-state index is 11.8. The molecule has 0 aliphatic heterocycles. The van der Waals surface area contributed by atoms with Crippen molar-refractivity contribution in [2.45, 2.75) is 58.3 Å². The number of amides is 2. The van der Waals surface area contributed by atoms with Crippen LogP contribution in [0.3, 0.4) is 0 Å². The van der Waals surface area contributed by atoms with Crippen LogP contribution in [0.1, 0.15) is 58.3 Å². The first-order valence-corrected chi connectivity index (χ1v) is 7.79. The molecule has 1 rings (SSSR count). The fraction of sp³-hybridized carbons (Fsp3) is 0.867. The molecule has 20 heavy (non-hydrogen) atoms. The molecule has 0 aromatic heterocycles. The van der Waals surface area contributed by atoms with E-state index >= 15 is 0 Å². The van der Waals surface area contributed by atoms with Crippen molar-refractivity contribution in [1.82, 2.24) is 5.32 Å². The molecule has 1 aliphatic rings. The molecule has 1 aliphatic carbocycles. The van der Waals surface area contributed by atoms with E-state index < -0.39 is 0 Å². The van der Waals surface area contributed by atoms with E-state index in [-0.39, 0.29) is 23.1 Å². The highest BCUT2D eigenvalue weighted by Gasteiger charge is 2.47. The molecule has 1 atom stereocenters. The zero-order chi connectivity index (χ0) is 15.0. The minimum absolute atomic E-state index is 0.0574. The van der Waals surface area contributed by atoms with E-state index in [2.05, 4.69) is 5.32 Å². The predicted molar refractivity (Wildman–Crippen MR) is 79.8 cm³/mol. The molecule has 0 heterocycles. The smallest absolute Gasteiger partial charge is 0.223 e. The first-order chi connectivity index (χ1) is 9.52. The van der Waals surface area contributed by atoms with E-state index in [0.717, 1.165) is 51.4 Å². The number of hydrogen-bond acceptors (Lipinski definition) is 3. The van der Waals surface area contributed by atoms with Gasteiger partial charge in [-0.25, -0.2) is 0 Å². The summed E-state index contributed by atoms with van der Waals surface area (Å²) < 4.78 is 0. The molecule has 0 saturated heterocycles. The number of primary amides is 1. The molecular weight excluding hydrogens is 254 g/mol. The molecule has 5 heteroatoms. The van der Waals surface area contributed by atoms with Gasteiger partial charge in [0.25, 0.3) is 0 Å². The lowest BCUT2D eigenvalue weighted by atomic mass is 9.98. The topological polar surface area (TPSA) is 98.2 Å². The van der Waals surface area contributed by atoms with Crippen LogP contribution in [0.25, 0.3) is 0 Å². The van der Waals surface area contributed by atoms with Gasteiger partial charge >= 0.3 is 0 Å². The highest BCUT2D eigenvalue weighted by molar-refractivity contribution is 5.83. The first kappa shape index (κ1) is 17.0. The Labute approximate surface area is 121 Å². The number of nitrogens with one attached hydrogen (secondary N) is 1. The Morgan fingerprint density at radius 1 is 1.20 bits per heavy atom. The Kier molecular flexibility index (Phi) is 6.99. The minimum atomic E-state index is -0.209. The third-order valence-corrected chi connectivity index (χ3v) is 4.30. The van der Waals surface area contributed by atoms with Crippen molar-refractivity contribution in [2.24, 2.45) is 22.8 Å². The molecule has 116 valence electrons. The normalized spacial score (nSPS) is 17.5. The Bertz CT molecular complexity index is 327. The number of hydrogen-bond donors (Lipinski definition) is 3. The van der Waals surface area contributed by atoms with Crippen molar-refractivity contribution in [1.29, 1.82) is 0 Å². The Morgan fingerprint density at radius 2 is 1.90 bits per heavy atom. The minimum Gasteiger partial charge on any atom is -0.369 e.